The molecule has 5 nitrogen and oxygen atoms in total. The van der Waals surface area contributed by atoms with Gasteiger partial charge in [0.2, 0.25) is 0 Å². The number of benzene rings is 1. The zero-order chi connectivity index (χ0) is 18.4. The van der Waals surface area contributed by atoms with E-state index in [1.54, 1.807) is 4.90 Å². The molecule has 1 amide bonds. The minimum absolute atomic E-state index is 0.136. The first kappa shape index (κ1) is 19.3. The highest BCUT2D eigenvalue weighted by Gasteiger charge is 2.28. The smallest absolute Gasteiger partial charge is 0.410 e. The normalized spacial score (nSPS) is 15.8. The fourth-order valence-electron chi connectivity index (χ4n) is 2.95. The van der Waals surface area contributed by atoms with Crippen molar-refractivity contribution in [2.45, 2.75) is 52.6 Å². The lowest BCUT2D eigenvalue weighted by Crippen LogP contribution is -2.42. The number of amides is 1. The highest BCUT2D eigenvalue weighted by molar-refractivity contribution is 5.96. The molecule has 0 N–H and O–H groups in total. The zero-order valence-electron chi connectivity index (χ0n) is 15.7. The van der Waals surface area contributed by atoms with Crippen LogP contribution in [-0.4, -0.2) is 42.1 Å². The summed E-state index contributed by atoms with van der Waals surface area (Å²) >= 11 is 0. The van der Waals surface area contributed by atoms with Gasteiger partial charge in [-0.15, -0.1) is 0 Å². The largest absolute Gasteiger partial charge is 0.494 e. The molecule has 0 saturated carbocycles. The lowest BCUT2D eigenvalue weighted by molar-refractivity contribution is 0.0183. The first-order valence-electron chi connectivity index (χ1n) is 9.02. The first-order chi connectivity index (χ1) is 11.8. The van der Waals surface area contributed by atoms with Crippen LogP contribution in [0.2, 0.25) is 0 Å². The summed E-state index contributed by atoms with van der Waals surface area (Å²) in [6.45, 7) is 9.40. The topological polar surface area (TPSA) is 55.8 Å². The average Bonchev–Trinajstić information content (AvgIpc) is 2.54. The van der Waals surface area contributed by atoms with E-state index in [2.05, 4.69) is 0 Å². The molecule has 2 rings (SSSR count). The van der Waals surface area contributed by atoms with Crippen LogP contribution in [0.3, 0.4) is 0 Å². The van der Waals surface area contributed by atoms with Crippen LogP contribution in [0.5, 0.6) is 5.75 Å². The standard InChI is InChI=1S/C20H29NO4/c1-5-24-17-8-6-7-16(14-17)18(22)13-15-9-11-21(12-10-15)19(23)25-20(2,3)4/h6-8,14-15H,5,9-13H2,1-4H3. The molecule has 0 bridgehead atoms. The highest BCUT2D eigenvalue weighted by Crippen LogP contribution is 2.25. The molecule has 1 heterocycles. The molecule has 0 unspecified atom stereocenters. The monoisotopic (exact) mass is 347 g/mol. The first-order valence-corrected chi connectivity index (χ1v) is 9.02. The number of piperidine rings is 1. The van der Waals surface area contributed by atoms with E-state index in [4.69, 9.17) is 9.47 Å². The van der Waals surface area contributed by atoms with Crippen molar-refractivity contribution in [3.8, 4) is 5.75 Å². The molecule has 0 aliphatic carbocycles. The van der Waals surface area contributed by atoms with Crippen molar-refractivity contribution in [1.82, 2.24) is 4.90 Å². The van der Waals surface area contributed by atoms with Crippen LogP contribution in [0.15, 0.2) is 24.3 Å². The predicted octanol–water partition coefficient (Wildman–Crippen LogP) is 4.31. The van der Waals surface area contributed by atoms with E-state index >= 15 is 0 Å². The Hall–Kier alpha value is -2.04. The van der Waals surface area contributed by atoms with Crippen molar-refractivity contribution >= 4 is 11.9 Å². The molecular formula is C20H29NO4. The van der Waals surface area contributed by atoms with Gasteiger partial charge in [0, 0.05) is 25.1 Å². The van der Waals surface area contributed by atoms with Gasteiger partial charge < -0.3 is 14.4 Å². The summed E-state index contributed by atoms with van der Waals surface area (Å²) in [7, 11) is 0. The molecule has 0 radical (unpaired) electrons. The van der Waals surface area contributed by atoms with Crippen LogP contribution in [-0.2, 0) is 4.74 Å². The molecule has 0 atom stereocenters. The third-order valence-corrected chi connectivity index (χ3v) is 4.21. The maximum absolute atomic E-state index is 12.5. The number of ether oxygens (including phenoxy) is 2. The number of Topliss-reactive ketones (excluding diaryl/α,β-unsaturated/α-hetero) is 1. The quantitative estimate of drug-likeness (QED) is 0.745. The zero-order valence-corrected chi connectivity index (χ0v) is 15.7. The van der Waals surface area contributed by atoms with Gasteiger partial charge in [-0.1, -0.05) is 12.1 Å². The minimum Gasteiger partial charge on any atom is -0.494 e. The third kappa shape index (κ3) is 6.07. The van der Waals surface area contributed by atoms with E-state index in [1.807, 2.05) is 52.0 Å². The van der Waals surface area contributed by atoms with Gasteiger partial charge in [0.05, 0.1) is 6.61 Å². The van der Waals surface area contributed by atoms with E-state index in [0.29, 0.717) is 37.6 Å². The van der Waals surface area contributed by atoms with Crippen LogP contribution in [0.25, 0.3) is 0 Å². The van der Waals surface area contributed by atoms with Gasteiger partial charge in [0.15, 0.2) is 5.78 Å². The Balaban J connectivity index is 1.84. The number of carbonyl (C=O) groups is 2. The number of rotatable bonds is 5. The molecule has 25 heavy (non-hydrogen) atoms. The summed E-state index contributed by atoms with van der Waals surface area (Å²) < 4.78 is 10.9. The molecule has 1 aliphatic heterocycles. The van der Waals surface area contributed by atoms with Crippen molar-refractivity contribution in [3.05, 3.63) is 29.8 Å². The fraction of sp³-hybridized carbons (Fsp3) is 0.600. The minimum atomic E-state index is -0.477. The Morgan fingerprint density at radius 3 is 2.48 bits per heavy atom. The SMILES string of the molecule is CCOc1cccc(C(=O)CC2CCN(C(=O)OC(C)(C)C)CC2)c1. The van der Waals surface area contributed by atoms with E-state index in [9.17, 15) is 9.59 Å². The number of likely N-dealkylation sites (tertiary alicyclic amines) is 1. The van der Waals surface area contributed by atoms with Gasteiger partial charge in [-0.3, -0.25) is 4.79 Å². The molecule has 1 aliphatic rings. The van der Waals surface area contributed by atoms with E-state index < -0.39 is 5.60 Å². The number of ketones is 1. The summed E-state index contributed by atoms with van der Waals surface area (Å²) in [5.74, 6) is 1.17. The van der Waals surface area contributed by atoms with Crippen LogP contribution in [0.1, 0.15) is 57.3 Å². The van der Waals surface area contributed by atoms with Crippen LogP contribution in [0, 0.1) is 5.92 Å². The molecule has 0 spiro atoms. The predicted molar refractivity (Wildman–Crippen MR) is 97.1 cm³/mol. The maximum atomic E-state index is 12.5. The molecular weight excluding hydrogens is 318 g/mol. The second-order valence-electron chi connectivity index (χ2n) is 7.50. The maximum Gasteiger partial charge on any atom is 0.410 e. The van der Waals surface area contributed by atoms with E-state index in [-0.39, 0.29) is 11.9 Å². The Bertz CT molecular complexity index is 598. The summed E-state index contributed by atoms with van der Waals surface area (Å²) in [5, 5.41) is 0. The number of nitrogens with zero attached hydrogens (tertiary/aromatic N) is 1. The molecule has 1 saturated heterocycles. The van der Waals surface area contributed by atoms with Crippen molar-refractivity contribution in [1.29, 1.82) is 0 Å². The Morgan fingerprint density at radius 1 is 1.20 bits per heavy atom. The van der Waals surface area contributed by atoms with Gasteiger partial charge in [0.1, 0.15) is 11.4 Å². The number of hydrogen-bond acceptors (Lipinski definition) is 4. The van der Waals surface area contributed by atoms with Crippen molar-refractivity contribution in [2.24, 2.45) is 5.92 Å². The van der Waals surface area contributed by atoms with E-state index in [0.717, 1.165) is 18.6 Å². The van der Waals surface area contributed by atoms with Crippen LogP contribution < -0.4 is 4.74 Å². The van der Waals surface area contributed by atoms with Crippen LogP contribution in [0.4, 0.5) is 4.79 Å². The summed E-state index contributed by atoms with van der Waals surface area (Å²) in [6, 6.07) is 7.35. The Labute approximate surface area is 150 Å². The number of carbonyl (C=O) groups excluding carboxylic acids is 2. The van der Waals surface area contributed by atoms with Gasteiger partial charge in [0.25, 0.3) is 0 Å². The lowest BCUT2D eigenvalue weighted by atomic mass is 9.90. The summed E-state index contributed by atoms with van der Waals surface area (Å²) in [5.41, 5.74) is 0.218. The number of hydrogen-bond donors (Lipinski definition) is 0. The highest BCUT2D eigenvalue weighted by atomic mass is 16.6. The van der Waals surface area contributed by atoms with Gasteiger partial charge in [-0.2, -0.15) is 0 Å². The Morgan fingerprint density at radius 2 is 1.88 bits per heavy atom. The van der Waals surface area contributed by atoms with Gasteiger partial charge in [-0.05, 0) is 58.6 Å². The van der Waals surface area contributed by atoms with Crippen molar-refractivity contribution in [3.63, 3.8) is 0 Å². The van der Waals surface area contributed by atoms with Crippen molar-refractivity contribution < 1.29 is 19.1 Å². The molecule has 1 aromatic carbocycles. The molecule has 0 aromatic heterocycles. The molecule has 1 aromatic rings. The fourth-order valence-corrected chi connectivity index (χ4v) is 2.95. The third-order valence-electron chi connectivity index (χ3n) is 4.21. The van der Waals surface area contributed by atoms with Crippen molar-refractivity contribution in [2.75, 3.05) is 19.7 Å². The molecule has 5 heteroatoms. The molecule has 1 fully saturated rings. The van der Waals surface area contributed by atoms with Crippen LogP contribution >= 0.6 is 0 Å². The second kappa shape index (κ2) is 8.37. The van der Waals surface area contributed by atoms with E-state index in [1.165, 1.54) is 0 Å². The van der Waals surface area contributed by atoms with Gasteiger partial charge >= 0.3 is 6.09 Å². The summed E-state index contributed by atoms with van der Waals surface area (Å²) in [6.07, 6.45) is 1.91. The Kier molecular flexibility index (Phi) is 6.45. The average molecular weight is 347 g/mol. The second-order valence-corrected chi connectivity index (χ2v) is 7.50. The molecule has 138 valence electrons. The lowest BCUT2D eigenvalue weighted by Gasteiger charge is -2.33. The summed E-state index contributed by atoms with van der Waals surface area (Å²) in [4.78, 5) is 26.3. The van der Waals surface area contributed by atoms with Gasteiger partial charge in [-0.25, -0.2) is 4.79 Å².